The van der Waals surface area contributed by atoms with Crippen molar-refractivity contribution in [1.29, 1.82) is 0 Å². The van der Waals surface area contributed by atoms with Crippen LogP contribution in [0.3, 0.4) is 0 Å². The highest BCUT2D eigenvalue weighted by molar-refractivity contribution is 9.10. The smallest absolute Gasteiger partial charge is 0.227 e. The van der Waals surface area contributed by atoms with E-state index in [1.165, 1.54) is 0 Å². The molecule has 0 bridgehead atoms. The van der Waals surface area contributed by atoms with Gasteiger partial charge in [-0.25, -0.2) is 4.98 Å². The standard InChI is InChI=1S/C28H27BrClN3O2/c1-19-16-21(12-13-23(19)30)35-15-7-6-14-32-26-11-5-3-9-24(26)31-28(32)20-17-27(34)33(18-20)25-10-4-2-8-22(25)29/h2-5,8-13,16,20H,6-7,14-15,17-18H2,1H3. The molecule has 4 aromatic rings. The van der Waals surface area contributed by atoms with Gasteiger partial charge in [0.05, 0.1) is 23.3 Å². The van der Waals surface area contributed by atoms with Crippen LogP contribution in [0.5, 0.6) is 5.75 Å². The number of aryl methyl sites for hydroxylation is 2. The molecule has 7 heteroatoms. The molecule has 5 nitrogen and oxygen atoms in total. The quantitative estimate of drug-likeness (QED) is 0.218. The third-order valence-electron chi connectivity index (χ3n) is 6.49. The van der Waals surface area contributed by atoms with Crippen LogP contribution in [-0.4, -0.2) is 28.6 Å². The van der Waals surface area contributed by atoms with Gasteiger partial charge in [-0.1, -0.05) is 35.9 Å². The summed E-state index contributed by atoms with van der Waals surface area (Å²) in [5.41, 5.74) is 4.02. The molecular formula is C28H27BrClN3O2. The summed E-state index contributed by atoms with van der Waals surface area (Å²) >= 11 is 9.70. The Morgan fingerprint density at radius 2 is 1.89 bits per heavy atom. The number of hydrogen-bond donors (Lipinski definition) is 0. The molecule has 0 aliphatic carbocycles. The monoisotopic (exact) mass is 551 g/mol. The first-order valence-corrected chi connectivity index (χ1v) is 13.1. The van der Waals surface area contributed by atoms with Crippen LogP contribution < -0.4 is 9.64 Å². The van der Waals surface area contributed by atoms with Gasteiger partial charge in [-0.3, -0.25) is 4.79 Å². The molecular weight excluding hydrogens is 526 g/mol. The van der Waals surface area contributed by atoms with Crippen molar-refractivity contribution in [3.8, 4) is 5.75 Å². The molecule has 1 aliphatic heterocycles. The lowest BCUT2D eigenvalue weighted by Gasteiger charge is -2.19. The number of carbonyl (C=O) groups excluding carboxylic acids is 1. The van der Waals surface area contributed by atoms with Gasteiger partial charge in [0.1, 0.15) is 11.6 Å². The van der Waals surface area contributed by atoms with Crippen LogP contribution in [0.1, 0.15) is 36.6 Å². The number of hydrogen-bond acceptors (Lipinski definition) is 3. The van der Waals surface area contributed by atoms with E-state index in [1.54, 1.807) is 0 Å². The second-order valence-corrected chi connectivity index (χ2v) is 10.2. The number of unbranched alkanes of at least 4 members (excludes halogenated alkanes) is 1. The lowest BCUT2D eigenvalue weighted by Crippen LogP contribution is -2.25. The number of imidazole rings is 1. The van der Waals surface area contributed by atoms with Gasteiger partial charge in [0, 0.05) is 34.9 Å². The molecule has 2 heterocycles. The molecule has 1 amide bonds. The first-order valence-electron chi connectivity index (χ1n) is 11.9. The normalized spacial score (nSPS) is 15.8. The van der Waals surface area contributed by atoms with Gasteiger partial charge in [-0.15, -0.1) is 0 Å². The van der Waals surface area contributed by atoms with Crippen LogP contribution in [0.2, 0.25) is 5.02 Å². The molecule has 0 spiro atoms. The van der Waals surface area contributed by atoms with E-state index in [2.05, 4.69) is 26.6 Å². The Morgan fingerprint density at radius 3 is 2.71 bits per heavy atom. The van der Waals surface area contributed by atoms with Crippen LogP contribution >= 0.6 is 27.5 Å². The van der Waals surface area contributed by atoms with Gasteiger partial charge in [-0.2, -0.15) is 0 Å². The Bertz CT molecular complexity index is 1370. The van der Waals surface area contributed by atoms with Crippen molar-refractivity contribution >= 4 is 50.2 Å². The molecule has 0 saturated carbocycles. The van der Waals surface area contributed by atoms with E-state index in [4.69, 9.17) is 21.3 Å². The number of halogens is 2. The topological polar surface area (TPSA) is 47.4 Å². The third kappa shape index (κ3) is 5.09. The Balaban J connectivity index is 1.29. The summed E-state index contributed by atoms with van der Waals surface area (Å²) in [5, 5.41) is 0.750. The Labute approximate surface area is 218 Å². The largest absolute Gasteiger partial charge is 0.494 e. The van der Waals surface area contributed by atoms with Crippen LogP contribution in [0.4, 0.5) is 5.69 Å². The summed E-state index contributed by atoms with van der Waals surface area (Å²) < 4.78 is 9.15. The predicted molar refractivity (Wildman–Crippen MR) is 145 cm³/mol. The summed E-state index contributed by atoms with van der Waals surface area (Å²) in [5.74, 6) is 2.02. The number of amides is 1. The van der Waals surface area contributed by atoms with E-state index >= 15 is 0 Å². The fraction of sp³-hybridized carbons (Fsp3) is 0.286. The number of aromatic nitrogens is 2. The third-order valence-corrected chi connectivity index (χ3v) is 7.59. The van der Waals surface area contributed by atoms with E-state index in [1.807, 2.05) is 72.5 Å². The minimum atomic E-state index is 0.0512. The molecule has 1 saturated heterocycles. The Morgan fingerprint density at radius 1 is 1.09 bits per heavy atom. The summed E-state index contributed by atoms with van der Waals surface area (Å²) in [4.78, 5) is 19.8. The molecule has 180 valence electrons. The minimum absolute atomic E-state index is 0.0512. The molecule has 35 heavy (non-hydrogen) atoms. The lowest BCUT2D eigenvalue weighted by molar-refractivity contribution is -0.117. The van der Waals surface area contributed by atoms with Crippen LogP contribution in [-0.2, 0) is 11.3 Å². The number of fused-ring (bicyclic) bond motifs is 1. The van der Waals surface area contributed by atoms with Gasteiger partial charge >= 0.3 is 0 Å². The number of anilines is 1. The molecule has 1 aromatic heterocycles. The van der Waals surface area contributed by atoms with Crippen LogP contribution in [0.25, 0.3) is 11.0 Å². The van der Waals surface area contributed by atoms with Crippen molar-refractivity contribution in [2.45, 2.75) is 38.6 Å². The number of carbonyl (C=O) groups is 1. The van der Waals surface area contributed by atoms with E-state index in [-0.39, 0.29) is 11.8 Å². The number of rotatable bonds is 8. The second kappa shape index (κ2) is 10.4. The summed E-state index contributed by atoms with van der Waals surface area (Å²) in [6.07, 6.45) is 2.33. The van der Waals surface area contributed by atoms with E-state index in [9.17, 15) is 4.79 Å². The van der Waals surface area contributed by atoms with Crippen molar-refractivity contribution in [3.05, 3.63) is 87.6 Å². The van der Waals surface area contributed by atoms with Crippen LogP contribution in [0, 0.1) is 6.92 Å². The lowest BCUT2D eigenvalue weighted by atomic mass is 10.1. The number of benzene rings is 3. The van der Waals surface area contributed by atoms with Gasteiger partial charge in [0.2, 0.25) is 5.91 Å². The molecule has 5 rings (SSSR count). The summed E-state index contributed by atoms with van der Waals surface area (Å²) in [6, 6.07) is 21.8. The summed E-state index contributed by atoms with van der Waals surface area (Å²) in [7, 11) is 0. The number of para-hydroxylation sites is 3. The van der Waals surface area contributed by atoms with Gasteiger partial charge in [0.15, 0.2) is 0 Å². The van der Waals surface area contributed by atoms with Gasteiger partial charge in [0.25, 0.3) is 0 Å². The second-order valence-electron chi connectivity index (χ2n) is 8.93. The molecule has 1 aliphatic rings. The molecule has 3 aromatic carbocycles. The first kappa shape index (κ1) is 23.9. The van der Waals surface area contributed by atoms with Crippen molar-refractivity contribution in [2.75, 3.05) is 18.1 Å². The fourth-order valence-electron chi connectivity index (χ4n) is 4.69. The van der Waals surface area contributed by atoms with Crippen molar-refractivity contribution in [1.82, 2.24) is 9.55 Å². The van der Waals surface area contributed by atoms with Crippen LogP contribution in [0.15, 0.2) is 71.2 Å². The number of nitrogens with zero attached hydrogens (tertiary/aromatic N) is 3. The molecule has 0 N–H and O–H groups in total. The van der Waals surface area contributed by atoms with E-state index < -0.39 is 0 Å². The van der Waals surface area contributed by atoms with Crippen molar-refractivity contribution in [2.24, 2.45) is 0 Å². The average Bonchev–Trinajstić information content (AvgIpc) is 3.42. The van der Waals surface area contributed by atoms with Gasteiger partial charge < -0.3 is 14.2 Å². The zero-order valence-corrected chi connectivity index (χ0v) is 21.9. The first-order chi connectivity index (χ1) is 17.0. The Kier molecular flexibility index (Phi) is 7.12. The van der Waals surface area contributed by atoms with Crippen molar-refractivity contribution < 1.29 is 9.53 Å². The number of ether oxygens (including phenoxy) is 1. The maximum atomic E-state index is 13.0. The highest BCUT2D eigenvalue weighted by Crippen LogP contribution is 2.36. The average molecular weight is 553 g/mol. The van der Waals surface area contributed by atoms with Gasteiger partial charge in [-0.05, 0) is 83.7 Å². The fourth-order valence-corrected chi connectivity index (χ4v) is 5.31. The highest BCUT2D eigenvalue weighted by atomic mass is 79.9. The maximum Gasteiger partial charge on any atom is 0.227 e. The Hall–Kier alpha value is -2.83. The minimum Gasteiger partial charge on any atom is -0.494 e. The SMILES string of the molecule is Cc1cc(OCCCCn2c(C3CC(=O)N(c4ccccc4Br)C3)nc3ccccc32)ccc1Cl. The maximum absolute atomic E-state index is 13.0. The molecule has 1 atom stereocenters. The zero-order valence-electron chi connectivity index (χ0n) is 19.6. The van der Waals surface area contributed by atoms with E-state index in [0.717, 1.165) is 62.7 Å². The van der Waals surface area contributed by atoms with E-state index in [0.29, 0.717) is 19.6 Å². The molecule has 1 fully saturated rings. The van der Waals surface area contributed by atoms with Crippen molar-refractivity contribution in [3.63, 3.8) is 0 Å². The molecule has 1 unspecified atom stereocenters. The highest BCUT2D eigenvalue weighted by Gasteiger charge is 2.35. The molecule has 0 radical (unpaired) electrons. The summed E-state index contributed by atoms with van der Waals surface area (Å²) in [6.45, 7) is 4.08. The predicted octanol–water partition coefficient (Wildman–Crippen LogP) is 7.14. The zero-order chi connectivity index (χ0) is 24.4.